The Hall–Kier alpha value is -3.55. The summed E-state index contributed by atoms with van der Waals surface area (Å²) in [5, 5.41) is 11.8. The summed E-state index contributed by atoms with van der Waals surface area (Å²) < 4.78 is 2.31. The van der Waals surface area contributed by atoms with Crippen molar-refractivity contribution in [2.75, 3.05) is 24.5 Å². The van der Waals surface area contributed by atoms with Gasteiger partial charge in [0.1, 0.15) is 18.2 Å². The van der Waals surface area contributed by atoms with Crippen LogP contribution in [0, 0.1) is 0 Å². The van der Waals surface area contributed by atoms with Crippen LogP contribution in [0.4, 0.5) is 11.4 Å². The molecule has 0 radical (unpaired) electrons. The van der Waals surface area contributed by atoms with Gasteiger partial charge in [0, 0.05) is 44.2 Å². The fraction of sp³-hybridized carbons (Fsp3) is 0.464. The van der Waals surface area contributed by atoms with Gasteiger partial charge >= 0.3 is 0 Å². The van der Waals surface area contributed by atoms with Crippen LogP contribution < -0.4 is 4.90 Å². The van der Waals surface area contributed by atoms with Crippen LogP contribution in [0.2, 0.25) is 0 Å². The molecule has 8 heteroatoms. The van der Waals surface area contributed by atoms with Gasteiger partial charge in [0.25, 0.3) is 0 Å². The number of piperazine rings is 1. The zero-order valence-corrected chi connectivity index (χ0v) is 20.9. The molecule has 1 saturated heterocycles. The van der Waals surface area contributed by atoms with Gasteiger partial charge < -0.3 is 9.80 Å². The summed E-state index contributed by atoms with van der Waals surface area (Å²) in [7, 11) is 0. The standard InChI is InChI=1S/C28H34N7O/c1-2-25-24-12-11-22(16-26(24)35(32-25)21-9-6-10-21)33-13-14-34(28(36)17-27-29-19-30-31-27)23(18-33)15-20-7-4-3-5-8-20/h3-5,7-8,11-12,16,19,21,23,25H,2,6,9-10,13-15,17-18H2,1H3,(H,29,30,31)/q+1/t23-,25?/m0/s1. The van der Waals surface area contributed by atoms with Crippen molar-refractivity contribution in [1.29, 1.82) is 0 Å². The summed E-state index contributed by atoms with van der Waals surface area (Å²) in [4.78, 5) is 21.9. The topological polar surface area (TPSA) is 80.5 Å². The van der Waals surface area contributed by atoms with Crippen LogP contribution in [-0.2, 0) is 17.6 Å². The quantitative estimate of drug-likeness (QED) is 0.504. The van der Waals surface area contributed by atoms with E-state index in [0.717, 1.165) is 25.9 Å². The predicted octanol–water partition coefficient (Wildman–Crippen LogP) is 4.42. The number of carbonyl (C=O) groups excluding carboxylic acids is 1. The van der Waals surface area contributed by atoms with E-state index in [4.69, 9.17) is 5.11 Å². The molecule has 3 heterocycles. The van der Waals surface area contributed by atoms with E-state index in [1.54, 1.807) is 0 Å². The van der Waals surface area contributed by atoms with E-state index in [1.165, 1.54) is 48.1 Å². The summed E-state index contributed by atoms with van der Waals surface area (Å²) in [6.45, 7) is 4.52. The smallest absolute Gasteiger partial charge is 0.239 e. The van der Waals surface area contributed by atoms with Crippen LogP contribution in [0.3, 0.4) is 0 Å². The molecule has 1 aromatic heterocycles. The molecule has 1 saturated carbocycles. The van der Waals surface area contributed by atoms with E-state index in [0.29, 0.717) is 18.4 Å². The van der Waals surface area contributed by atoms with Gasteiger partial charge in [0.2, 0.25) is 11.6 Å². The van der Waals surface area contributed by atoms with E-state index < -0.39 is 0 Å². The fourth-order valence-electron chi connectivity index (χ4n) is 5.75. The summed E-state index contributed by atoms with van der Waals surface area (Å²) in [6, 6.07) is 18.3. The van der Waals surface area contributed by atoms with Crippen LogP contribution in [0.25, 0.3) is 0 Å². The van der Waals surface area contributed by atoms with E-state index in [-0.39, 0.29) is 24.4 Å². The Morgan fingerprint density at radius 1 is 1.14 bits per heavy atom. The minimum Gasteiger partial charge on any atom is -0.367 e. The first-order valence-electron chi connectivity index (χ1n) is 13.3. The number of fused-ring (bicyclic) bond motifs is 1. The SMILES string of the molecule is CCC1N=[N+](C2CCC2)c2cc(N3CCN(C(=O)Cc4ncn[nH]4)[C@@H](Cc4ccccc4)C3)ccc21. The highest BCUT2D eigenvalue weighted by Gasteiger charge is 2.40. The molecular formula is C28H34N7O+. The normalized spacial score (nSPS) is 21.8. The third-order valence-corrected chi connectivity index (χ3v) is 7.96. The van der Waals surface area contributed by atoms with E-state index >= 15 is 0 Å². The molecule has 1 amide bonds. The highest BCUT2D eigenvalue weighted by atomic mass is 16.2. The molecule has 1 N–H and O–H groups in total. The number of anilines is 1. The first kappa shape index (κ1) is 22.9. The lowest BCUT2D eigenvalue weighted by atomic mass is 9.92. The number of nitrogens with zero attached hydrogens (tertiary/aromatic N) is 6. The minimum absolute atomic E-state index is 0.0839. The molecule has 2 fully saturated rings. The lowest BCUT2D eigenvalue weighted by Crippen LogP contribution is -2.56. The highest BCUT2D eigenvalue weighted by Crippen LogP contribution is 2.43. The Kier molecular flexibility index (Phi) is 6.25. The summed E-state index contributed by atoms with van der Waals surface area (Å²) in [6.07, 6.45) is 7.32. The first-order chi connectivity index (χ1) is 17.7. The van der Waals surface area contributed by atoms with Crippen LogP contribution in [0.5, 0.6) is 0 Å². The Morgan fingerprint density at radius 3 is 2.72 bits per heavy atom. The average Bonchev–Trinajstić information content (AvgIpc) is 3.51. The molecule has 1 aliphatic carbocycles. The fourth-order valence-corrected chi connectivity index (χ4v) is 5.75. The molecule has 2 aromatic carbocycles. The molecule has 1 unspecified atom stereocenters. The van der Waals surface area contributed by atoms with Crippen molar-refractivity contribution in [3.8, 4) is 0 Å². The molecule has 2 atom stereocenters. The van der Waals surface area contributed by atoms with Crippen molar-refractivity contribution in [2.45, 2.75) is 63.6 Å². The van der Waals surface area contributed by atoms with Crippen LogP contribution >= 0.6 is 0 Å². The van der Waals surface area contributed by atoms with Crippen molar-refractivity contribution in [2.24, 2.45) is 5.11 Å². The zero-order valence-electron chi connectivity index (χ0n) is 20.9. The number of carbonyl (C=O) groups is 1. The molecule has 0 bridgehead atoms. The number of rotatable bonds is 7. The van der Waals surface area contributed by atoms with Crippen LogP contribution in [0.15, 0.2) is 60.0 Å². The maximum atomic E-state index is 13.3. The maximum Gasteiger partial charge on any atom is 0.239 e. The number of azo groups is 2. The Labute approximate surface area is 212 Å². The van der Waals surface area contributed by atoms with E-state index in [2.05, 4.69) is 74.2 Å². The van der Waals surface area contributed by atoms with Crippen molar-refractivity contribution in [3.05, 3.63) is 71.8 Å². The van der Waals surface area contributed by atoms with Crippen molar-refractivity contribution in [1.82, 2.24) is 20.1 Å². The molecule has 0 spiro atoms. The van der Waals surface area contributed by atoms with Gasteiger partial charge in [-0.25, -0.2) is 4.98 Å². The molecule has 6 rings (SSSR count). The number of amides is 1. The number of hydrogen-bond donors (Lipinski definition) is 1. The van der Waals surface area contributed by atoms with Gasteiger partial charge in [0.05, 0.1) is 18.0 Å². The predicted molar refractivity (Wildman–Crippen MR) is 137 cm³/mol. The number of nitrogens with one attached hydrogen (secondary N) is 1. The van der Waals surface area contributed by atoms with Gasteiger partial charge in [-0.05, 0) is 42.1 Å². The maximum absolute atomic E-state index is 13.3. The summed E-state index contributed by atoms with van der Waals surface area (Å²) >= 11 is 0. The average molecular weight is 485 g/mol. The Bertz CT molecular complexity index is 1240. The second-order valence-electron chi connectivity index (χ2n) is 10.2. The highest BCUT2D eigenvalue weighted by molar-refractivity contribution is 5.78. The number of benzene rings is 2. The summed E-state index contributed by atoms with van der Waals surface area (Å²) in [5.74, 6) is 0.715. The Balaban J connectivity index is 1.25. The molecule has 186 valence electrons. The van der Waals surface area contributed by atoms with Crippen molar-refractivity contribution >= 4 is 17.3 Å². The monoisotopic (exact) mass is 484 g/mol. The number of aromatic nitrogens is 3. The van der Waals surface area contributed by atoms with Gasteiger partial charge in [-0.2, -0.15) is 5.10 Å². The Morgan fingerprint density at radius 2 is 2.00 bits per heavy atom. The summed E-state index contributed by atoms with van der Waals surface area (Å²) in [5.41, 5.74) is 5.12. The van der Waals surface area contributed by atoms with Crippen LogP contribution in [-0.4, -0.2) is 62.4 Å². The molecule has 36 heavy (non-hydrogen) atoms. The minimum atomic E-state index is 0.0839. The molecule has 2 aliphatic heterocycles. The van der Waals surface area contributed by atoms with Gasteiger partial charge in [-0.3, -0.25) is 9.89 Å². The lowest BCUT2D eigenvalue weighted by Gasteiger charge is -2.42. The molecule has 8 nitrogen and oxygen atoms in total. The molecule has 3 aliphatic rings. The van der Waals surface area contributed by atoms with E-state index in [1.807, 2.05) is 11.0 Å². The number of hydrogen-bond acceptors (Lipinski definition) is 5. The number of aromatic amines is 1. The second-order valence-corrected chi connectivity index (χ2v) is 10.2. The third-order valence-electron chi connectivity index (χ3n) is 7.96. The van der Waals surface area contributed by atoms with Gasteiger partial charge in [0.15, 0.2) is 6.04 Å². The van der Waals surface area contributed by atoms with Gasteiger partial charge in [-0.15, -0.1) is 0 Å². The third kappa shape index (κ3) is 4.40. The zero-order chi connectivity index (χ0) is 24.5. The molecule has 3 aromatic rings. The number of H-pyrrole nitrogens is 1. The largest absolute Gasteiger partial charge is 0.367 e. The lowest BCUT2D eigenvalue weighted by molar-refractivity contribution is -0.562. The second kappa shape index (κ2) is 9.84. The van der Waals surface area contributed by atoms with E-state index in [9.17, 15) is 4.79 Å². The first-order valence-corrected chi connectivity index (χ1v) is 13.3. The van der Waals surface area contributed by atoms with Gasteiger partial charge in [-0.1, -0.05) is 42.0 Å². The van der Waals surface area contributed by atoms with Crippen LogP contribution in [0.1, 0.15) is 55.6 Å². The molecular weight excluding hydrogens is 450 g/mol. The van der Waals surface area contributed by atoms with Crippen molar-refractivity contribution < 1.29 is 9.49 Å². The van der Waals surface area contributed by atoms with Crippen molar-refractivity contribution in [3.63, 3.8) is 0 Å².